The van der Waals surface area contributed by atoms with E-state index in [1.807, 2.05) is 19.9 Å². The zero-order chi connectivity index (χ0) is 12.1. The molecule has 1 aliphatic rings. The maximum atomic E-state index is 4.39. The number of aromatic amines is 1. The Hall–Kier alpha value is -1.55. The highest BCUT2D eigenvalue weighted by Gasteiger charge is 2.15. The second kappa shape index (κ2) is 5.68. The molecule has 0 saturated carbocycles. The Balaban J connectivity index is 0.000000514. The van der Waals surface area contributed by atoms with Crippen LogP contribution in [0.25, 0.3) is 10.9 Å². The Kier molecular flexibility index (Phi) is 3.98. The van der Waals surface area contributed by atoms with E-state index in [1.165, 1.54) is 5.39 Å². The molecule has 17 heavy (non-hydrogen) atoms. The Bertz CT molecular complexity index is 457. The Labute approximate surface area is 102 Å². The Morgan fingerprint density at radius 3 is 2.59 bits per heavy atom. The number of benzene rings is 1. The standard InChI is InChI=1S/C11H14N4.C2H6/c1-2-4-10-9(3-1)11(14-13-10)15-7-5-12-6-8-15;1-2/h1-4,12H,5-8H2,(H,13,14);1-2H3. The monoisotopic (exact) mass is 232 g/mol. The van der Waals surface area contributed by atoms with E-state index < -0.39 is 0 Å². The number of fused-ring (bicyclic) bond motifs is 1. The van der Waals surface area contributed by atoms with E-state index in [4.69, 9.17) is 0 Å². The topological polar surface area (TPSA) is 44.0 Å². The molecule has 4 nitrogen and oxygen atoms in total. The number of hydrogen-bond acceptors (Lipinski definition) is 3. The number of rotatable bonds is 1. The van der Waals surface area contributed by atoms with Crippen LogP contribution >= 0.6 is 0 Å². The van der Waals surface area contributed by atoms with Crippen molar-refractivity contribution in [1.82, 2.24) is 15.5 Å². The molecular weight excluding hydrogens is 212 g/mol. The summed E-state index contributed by atoms with van der Waals surface area (Å²) < 4.78 is 0. The summed E-state index contributed by atoms with van der Waals surface area (Å²) >= 11 is 0. The van der Waals surface area contributed by atoms with Gasteiger partial charge < -0.3 is 10.2 Å². The second-order valence-corrected chi connectivity index (χ2v) is 3.83. The molecule has 1 aromatic carbocycles. The highest BCUT2D eigenvalue weighted by molar-refractivity contribution is 5.90. The molecule has 92 valence electrons. The van der Waals surface area contributed by atoms with E-state index in [-0.39, 0.29) is 0 Å². The summed E-state index contributed by atoms with van der Waals surface area (Å²) in [5, 5.41) is 12.0. The van der Waals surface area contributed by atoms with Crippen LogP contribution in [0.5, 0.6) is 0 Å². The molecule has 2 N–H and O–H groups in total. The predicted molar refractivity (Wildman–Crippen MR) is 72.5 cm³/mol. The van der Waals surface area contributed by atoms with Gasteiger partial charge in [-0.1, -0.05) is 26.0 Å². The second-order valence-electron chi connectivity index (χ2n) is 3.83. The molecule has 1 saturated heterocycles. The van der Waals surface area contributed by atoms with Crippen molar-refractivity contribution in [1.29, 1.82) is 0 Å². The van der Waals surface area contributed by atoms with Crippen LogP contribution in [-0.4, -0.2) is 36.4 Å². The van der Waals surface area contributed by atoms with Crippen LogP contribution in [0.2, 0.25) is 0 Å². The van der Waals surface area contributed by atoms with Gasteiger partial charge in [0, 0.05) is 31.6 Å². The first-order valence-corrected chi connectivity index (χ1v) is 6.34. The maximum absolute atomic E-state index is 4.39. The average Bonchev–Trinajstić information content (AvgIpc) is 2.86. The lowest BCUT2D eigenvalue weighted by molar-refractivity contribution is 0.585. The van der Waals surface area contributed by atoms with Crippen LogP contribution in [0.4, 0.5) is 5.82 Å². The van der Waals surface area contributed by atoms with Crippen molar-refractivity contribution in [3.8, 4) is 0 Å². The smallest absolute Gasteiger partial charge is 0.158 e. The van der Waals surface area contributed by atoms with Gasteiger partial charge >= 0.3 is 0 Å². The van der Waals surface area contributed by atoms with E-state index in [0.717, 1.165) is 37.5 Å². The highest BCUT2D eigenvalue weighted by atomic mass is 15.3. The average molecular weight is 232 g/mol. The summed E-state index contributed by atoms with van der Waals surface area (Å²) in [4.78, 5) is 2.33. The van der Waals surface area contributed by atoms with Gasteiger partial charge in [0.05, 0.1) is 5.52 Å². The van der Waals surface area contributed by atoms with Crippen LogP contribution in [0.15, 0.2) is 24.3 Å². The van der Waals surface area contributed by atoms with Crippen molar-refractivity contribution in [2.24, 2.45) is 0 Å². The summed E-state index contributed by atoms with van der Waals surface area (Å²) in [5.74, 6) is 1.09. The summed E-state index contributed by atoms with van der Waals surface area (Å²) in [6.45, 7) is 8.16. The molecule has 1 aromatic heterocycles. The minimum atomic E-state index is 1.04. The van der Waals surface area contributed by atoms with Gasteiger partial charge in [0.15, 0.2) is 5.82 Å². The minimum Gasteiger partial charge on any atom is -0.352 e. The van der Waals surface area contributed by atoms with Crippen LogP contribution in [0, 0.1) is 0 Å². The first-order valence-electron chi connectivity index (χ1n) is 6.34. The summed E-state index contributed by atoms with van der Waals surface area (Å²) in [6, 6.07) is 8.27. The number of piperazine rings is 1. The number of para-hydroxylation sites is 1. The van der Waals surface area contributed by atoms with E-state index >= 15 is 0 Å². The zero-order valence-electron chi connectivity index (χ0n) is 10.5. The fraction of sp³-hybridized carbons (Fsp3) is 0.462. The molecule has 2 aromatic rings. The van der Waals surface area contributed by atoms with Gasteiger partial charge in [0.2, 0.25) is 0 Å². The SMILES string of the molecule is CC.c1ccc2c(N3CCNCC3)n[nH]c2c1. The van der Waals surface area contributed by atoms with Crippen LogP contribution in [0.3, 0.4) is 0 Å². The molecular formula is C13H20N4. The van der Waals surface area contributed by atoms with Crippen LogP contribution in [0.1, 0.15) is 13.8 Å². The lowest BCUT2D eigenvalue weighted by Crippen LogP contribution is -2.43. The third-order valence-corrected chi connectivity index (χ3v) is 2.87. The molecule has 1 fully saturated rings. The molecule has 0 bridgehead atoms. The Morgan fingerprint density at radius 1 is 1.12 bits per heavy atom. The van der Waals surface area contributed by atoms with Crippen LogP contribution < -0.4 is 10.2 Å². The molecule has 0 spiro atoms. The van der Waals surface area contributed by atoms with Crippen molar-refractivity contribution < 1.29 is 0 Å². The molecule has 0 amide bonds. The third kappa shape index (κ3) is 2.42. The molecule has 0 atom stereocenters. The molecule has 0 unspecified atom stereocenters. The number of H-pyrrole nitrogens is 1. The molecule has 3 rings (SSSR count). The van der Waals surface area contributed by atoms with Crippen LogP contribution in [-0.2, 0) is 0 Å². The first kappa shape index (κ1) is 11.9. The van der Waals surface area contributed by atoms with Gasteiger partial charge in [-0.3, -0.25) is 5.10 Å². The van der Waals surface area contributed by atoms with Crippen molar-refractivity contribution in [3.05, 3.63) is 24.3 Å². The number of aromatic nitrogens is 2. The van der Waals surface area contributed by atoms with Gasteiger partial charge in [-0.2, -0.15) is 5.10 Å². The largest absolute Gasteiger partial charge is 0.352 e. The fourth-order valence-electron chi connectivity index (χ4n) is 2.07. The highest BCUT2D eigenvalue weighted by Crippen LogP contribution is 2.23. The van der Waals surface area contributed by atoms with Gasteiger partial charge in [-0.15, -0.1) is 0 Å². The quantitative estimate of drug-likeness (QED) is 0.790. The summed E-state index contributed by atoms with van der Waals surface area (Å²) in [5.41, 5.74) is 1.12. The molecule has 2 heterocycles. The van der Waals surface area contributed by atoms with Crippen molar-refractivity contribution >= 4 is 16.7 Å². The molecule has 4 heteroatoms. The lowest BCUT2D eigenvalue weighted by Gasteiger charge is -2.27. The van der Waals surface area contributed by atoms with Crippen molar-refractivity contribution in [2.75, 3.05) is 31.1 Å². The number of nitrogens with one attached hydrogen (secondary N) is 2. The van der Waals surface area contributed by atoms with Gasteiger partial charge in [-0.05, 0) is 12.1 Å². The summed E-state index contributed by atoms with van der Waals surface area (Å²) in [7, 11) is 0. The number of hydrogen-bond donors (Lipinski definition) is 2. The third-order valence-electron chi connectivity index (χ3n) is 2.87. The normalized spacial score (nSPS) is 15.5. The van der Waals surface area contributed by atoms with Gasteiger partial charge in [0.25, 0.3) is 0 Å². The van der Waals surface area contributed by atoms with E-state index in [9.17, 15) is 0 Å². The number of nitrogens with zero attached hydrogens (tertiary/aromatic N) is 2. The number of anilines is 1. The zero-order valence-corrected chi connectivity index (χ0v) is 10.5. The fourth-order valence-corrected chi connectivity index (χ4v) is 2.07. The first-order chi connectivity index (χ1) is 8.45. The van der Waals surface area contributed by atoms with Gasteiger partial charge in [-0.25, -0.2) is 0 Å². The van der Waals surface area contributed by atoms with Gasteiger partial charge in [0.1, 0.15) is 0 Å². The summed E-state index contributed by atoms with van der Waals surface area (Å²) in [6.07, 6.45) is 0. The maximum Gasteiger partial charge on any atom is 0.158 e. The molecule has 0 radical (unpaired) electrons. The van der Waals surface area contributed by atoms with E-state index in [1.54, 1.807) is 0 Å². The predicted octanol–water partition coefficient (Wildman–Crippen LogP) is 2.00. The van der Waals surface area contributed by atoms with Crippen molar-refractivity contribution in [2.45, 2.75) is 13.8 Å². The van der Waals surface area contributed by atoms with E-state index in [0.29, 0.717) is 0 Å². The molecule has 0 aliphatic carbocycles. The minimum absolute atomic E-state index is 1.04. The van der Waals surface area contributed by atoms with Crippen molar-refractivity contribution in [3.63, 3.8) is 0 Å². The molecule has 1 aliphatic heterocycles. The van der Waals surface area contributed by atoms with E-state index in [2.05, 4.69) is 38.6 Å². The Morgan fingerprint density at radius 2 is 1.82 bits per heavy atom. The lowest BCUT2D eigenvalue weighted by atomic mass is 10.2.